The molecule has 0 unspecified atom stereocenters. The number of thiazole rings is 1. The topological polar surface area (TPSA) is 59.9 Å². The van der Waals surface area contributed by atoms with E-state index in [0.717, 1.165) is 10.7 Å². The molecule has 5 nitrogen and oxygen atoms in total. The SMILES string of the molecule is COc1ncc(Cl)c(NCc2nc(C)cs2)n1. The first-order chi connectivity index (χ1) is 8.19. The first-order valence-electron chi connectivity index (χ1n) is 4.90. The molecule has 2 heterocycles. The summed E-state index contributed by atoms with van der Waals surface area (Å²) in [5.74, 6) is 0.548. The highest BCUT2D eigenvalue weighted by Crippen LogP contribution is 2.21. The number of hydrogen-bond acceptors (Lipinski definition) is 6. The Bertz CT molecular complexity index is 517. The van der Waals surface area contributed by atoms with E-state index < -0.39 is 0 Å². The molecule has 0 saturated carbocycles. The number of aromatic nitrogens is 3. The molecule has 0 aliphatic rings. The van der Waals surface area contributed by atoms with Gasteiger partial charge in [-0.3, -0.25) is 0 Å². The molecule has 0 fully saturated rings. The monoisotopic (exact) mass is 270 g/mol. The number of nitrogens with one attached hydrogen (secondary N) is 1. The Morgan fingerprint density at radius 1 is 1.47 bits per heavy atom. The van der Waals surface area contributed by atoms with E-state index in [1.54, 1.807) is 11.3 Å². The van der Waals surface area contributed by atoms with Gasteiger partial charge >= 0.3 is 6.01 Å². The normalized spacial score (nSPS) is 10.3. The maximum absolute atomic E-state index is 5.96. The molecule has 1 N–H and O–H groups in total. The molecule has 0 bridgehead atoms. The standard InChI is InChI=1S/C10H11ClN4OS/c1-6-5-17-8(14-6)4-12-9-7(11)3-13-10(15-9)16-2/h3,5H,4H2,1-2H3,(H,12,13,15). The van der Waals surface area contributed by atoms with E-state index in [0.29, 0.717) is 17.4 Å². The van der Waals surface area contributed by atoms with Gasteiger partial charge in [0.05, 0.1) is 19.9 Å². The maximum atomic E-state index is 5.96. The van der Waals surface area contributed by atoms with E-state index in [1.165, 1.54) is 13.3 Å². The summed E-state index contributed by atoms with van der Waals surface area (Å²) in [4.78, 5) is 12.3. The van der Waals surface area contributed by atoms with Crippen LogP contribution in [0.2, 0.25) is 5.02 Å². The number of halogens is 1. The Kier molecular flexibility index (Phi) is 3.75. The van der Waals surface area contributed by atoms with Gasteiger partial charge in [-0.2, -0.15) is 4.98 Å². The van der Waals surface area contributed by atoms with E-state index in [4.69, 9.17) is 16.3 Å². The van der Waals surface area contributed by atoms with Crippen LogP contribution in [0.15, 0.2) is 11.6 Å². The summed E-state index contributed by atoms with van der Waals surface area (Å²) < 4.78 is 4.93. The third-order valence-corrected chi connectivity index (χ3v) is 3.22. The van der Waals surface area contributed by atoms with Crippen molar-refractivity contribution in [3.05, 3.63) is 27.3 Å². The van der Waals surface area contributed by atoms with Gasteiger partial charge in [0.15, 0.2) is 5.82 Å². The summed E-state index contributed by atoms with van der Waals surface area (Å²) in [6, 6.07) is 0.284. The fraction of sp³-hybridized carbons (Fsp3) is 0.300. The Labute approximate surface area is 108 Å². The van der Waals surface area contributed by atoms with Crippen LogP contribution in [0.4, 0.5) is 5.82 Å². The van der Waals surface area contributed by atoms with Crippen molar-refractivity contribution in [2.45, 2.75) is 13.5 Å². The van der Waals surface area contributed by atoms with E-state index in [-0.39, 0.29) is 6.01 Å². The molecule has 0 atom stereocenters. The van der Waals surface area contributed by atoms with Gasteiger partial charge in [-0.15, -0.1) is 11.3 Å². The number of methoxy groups -OCH3 is 1. The van der Waals surface area contributed by atoms with Gasteiger partial charge in [0.2, 0.25) is 0 Å². The molecular formula is C10H11ClN4OS. The molecule has 90 valence electrons. The van der Waals surface area contributed by atoms with Crippen LogP contribution in [0, 0.1) is 6.92 Å². The molecule has 0 aliphatic heterocycles. The molecule has 0 radical (unpaired) electrons. The Hall–Kier alpha value is -1.40. The maximum Gasteiger partial charge on any atom is 0.318 e. The molecule has 17 heavy (non-hydrogen) atoms. The number of hydrogen-bond donors (Lipinski definition) is 1. The van der Waals surface area contributed by atoms with Crippen molar-refractivity contribution in [2.75, 3.05) is 12.4 Å². The molecule has 7 heteroatoms. The average molecular weight is 271 g/mol. The highest BCUT2D eigenvalue weighted by atomic mass is 35.5. The van der Waals surface area contributed by atoms with Gasteiger partial charge in [-0.25, -0.2) is 9.97 Å². The minimum Gasteiger partial charge on any atom is -0.467 e. The van der Waals surface area contributed by atoms with E-state index in [9.17, 15) is 0 Å². The highest BCUT2D eigenvalue weighted by Gasteiger charge is 2.06. The van der Waals surface area contributed by atoms with E-state index >= 15 is 0 Å². The molecule has 2 aromatic heterocycles. The Morgan fingerprint density at radius 3 is 2.94 bits per heavy atom. The quantitative estimate of drug-likeness (QED) is 0.925. The minimum atomic E-state index is 0.284. The molecule has 0 aromatic carbocycles. The summed E-state index contributed by atoms with van der Waals surface area (Å²) >= 11 is 7.56. The Morgan fingerprint density at radius 2 is 2.29 bits per heavy atom. The van der Waals surface area contributed by atoms with Crippen LogP contribution in [0.25, 0.3) is 0 Å². The molecular weight excluding hydrogens is 260 g/mol. The molecule has 0 saturated heterocycles. The molecule has 2 aromatic rings. The third-order valence-electron chi connectivity index (χ3n) is 1.98. The smallest absolute Gasteiger partial charge is 0.318 e. The van der Waals surface area contributed by atoms with Crippen LogP contribution in [0.1, 0.15) is 10.7 Å². The van der Waals surface area contributed by atoms with Crippen LogP contribution in [-0.2, 0) is 6.54 Å². The van der Waals surface area contributed by atoms with Crippen molar-refractivity contribution < 1.29 is 4.74 Å². The molecule has 2 rings (SSSR count). The second kappa shape index (κ2) is 5.29. The number of ether oxygens (including phenoxy) is 1. The average Bonchev–Trinajstić information content (AvgIpc) is 2.74. The second-order valence-electron chi connectivity index (χ2n) is 3.29. The summed E-state index contributed by atoms with van der Waals surface area (Å²) in [6.07, 6.45) is 1.50. The number of rotatable bonds is 4. The minimum absolute atomic E-state index is 0.284. The summed E-state index contributed by atoms with van der Waals surface area (Å²) in [5, 5.41) is 6.54. The number of nitrogens with zero attached hydrogens (tertiary/aromatic N) is 3. The summed E-state index contributed by atoms with van der Waals surface area (Å²) in [6.45, 7) is 2.54. The van der Waals surface area contributed by atoms with Gasteiger partial charge in [0.25, 0.3) is 0 Å². The third kappa shape index (κ3) is 3.04. The lowest BCUT2D eigenvalue weighted by atomic mass is 10.5. The van der Waals surface area contributed by atoms with Gasteiger partial charge in [-0.05, 0) is 6.92 Å². The van der Waals surface area contributed by atoms with E-state index in [1.807, 2.05) is 12.3 Å². The zero-order chi connectivity index (χ0) is 12.3. The van der Waals surface area contributed by atoms with Crippen LogP contribution in [0.5, 0.6) is 6.01 Å². The lowest BCUT2D eigenvalue weighted by Gasteiger charge is -2.06. The zero-order valence-electron chi connectivity index (χ0n) is 9.40. The van der Waals surface area contributed by atoms with E-state index in [2.05, 4.69) is 20.3 Å². The fourth-order valence-electron chi connectivity index (χ4n) is 1.22. The lowest BCUT2D eigenvalue weighted by Crippen LogP contribution is -2.03. The predicted molar refractivity (Wildman–Crippen MR) is 67.8 cm³/mol. The fourth-order valence-corrected chi connectivity index (χ4v) is 2.09. The van der Waals surface area contributed by atoms with Gasteiger partial charge < -0.3 is 10.1 Å². The van der Waals surface area contributed by atoms with Gasteiger partial charge in [-0.1, -0.05) is 11.6 Å². The van der Waals surface area contributed by atoms with Crippen molar-refractivity contribution in [3.63, 3.8) is 0 Å². The van der Waals surface area contributed by atoms with Crippen molar-refractivity contribution >= 4 is 28.8 Å². The number of aryl methyl sites for hydroxylation is 1. The predicted octanol–water partition coefficient (Wildman–Crippen LogP) is 2.52. The molecule has 0 amide bonds. The summed E-state index contributed by atoms with van der Waals surface area (Å²) in [7, 11) is 1.51. The van der Waals surface area contributed by atoms with Crippen LogP contribution < -0.4 is 10.1 Å². The largest absolute Gasteiger partial charge is 0.467 e. The van der Waals surface area contributed by atoms with Crippen molar-refractivity contribution in [3.8, 4) is 6.01 Å². The van der Waals surface area contributed by atoms with Gasteiger partial charge in [0.1, 0.15) is 10.0 Å². The van der Waals surface area contributed by atoms with Crippen LogP contribution >= 0.6 is 22.9 Å². The Balaban J connectivity index is 2.07. The van der Waals surface area contributed by atoms with Crippen LogP contribution in [-0.4, -0.2) is 22.1 Å². The van der Waals surface area contributed by atoms with Crippen LogP contribution in [0.3, 0.4) is 0 Å². The van der Waals surface area contributed by atoms with Crippen molar-refractivity contribution in [1.29, 1.82) is 0 Å². The van der Waals surface area contributed by atoms with Gasteiger partial charge in [0, 0.05) is 11.1 Å². The molecule has 0 spiro atoms. The van der Waals surface area contributed by atoms with Crippen molar-refractivity contribution in [2.24, 2.45) is 0 Å². The highest BCUT2D eigenvalue weighted by molar-refractivity contribution is 7.09. The molecule has 0 aliphatic carbocycles. The van der Waals surface area contributed by atoms with Crippen molar-refractivity contribution in [1.82, 2.24) is 15.0 Å². The number of anilines is 1. The zero-order valence-corrected chi connectivity index (χ0v) is 11.0. The lowest BCUT2D eigenvalue weighted by molar-refractivity contribution is 0.380. The second-order valence-corrected chi connectivity index (χ2v) is 4.64. The summed E-state index contributed by atoms with van der Waals surface area (Å²) in [5.41, 5.74) is 1.01. The first-order valence-corrected chi connectivity index (χ1v) is 6.16. The first kappa shape index (κ1) is 12.1.